The number of carbonyl (C=O) groups is 2. The predicted molar refractivity (Wildman–Crippen MR) is 129 cm³/mol. The normalized spacial score (nSPS) is 13.4. The average Bonchev–Trinajstić information content (AvgIpc) is 2.84. The van der Waals surface area contributed by atoms with Crippen molar-refractivity contribution in [2.75, 3.05) is 0 Å². The van der Waals surface area contributed by atoms with Crippen molar-refractivity contribution >= 4 is 19.1 Å². The van der Waals surface area contributed by atoms with Crippen LogP contribution in [0.15, 0.2) is 72.8 Å². The van der Waals surface area contributed by atoms with E-state index in [1.807, 2.05) is 55.5 Å². The molecule has 2 amide bonds. The van der Waals surface area contributed by atoms with E-state index in [9.17, 15) is 19.6 Å². The zero-order valence-electron chi connectivity index (χ0n) is 19.4. The third kappa shape index (κ3) is 7.44. The highest BCUT2D eigenvalue weighted by Crippen LogP contribution is 2.17. The number of aryl methyl sites for hydroxylation is 1. The van der Waals surface area contributed by atoms with E-state index in [1.165, 1.54) is 0 Å². The van der Waals surface area contributed by atoms with Crippen LogP contribution in [0.25, 0.3) is 11.3 Å². The Labute approximate surface area is 203 Å². The minimum atomic E-state index is -2.95. The Morgan fingerprint density at radius 2 is 1.71 bits per heavy atom. The van der Waals surface area contributed by atoms with Gasteiger partial charge in [0, 0.05) is 12.0 Å². The van der Waals surface area contributed by atoms with Crippen LogP contribution in [0.3, 0.4) is 0 Å². The quantitative estimate of drug-likeness (QED) is 0.201. The molecular weight excluding hydrogens is 452 g/mol. The number of halogens is 1. The Hall–Kier alpha value is -3.60. The zero-order valence-corrected chi connectivity index (χ0v) is 19.4. The fourth-order valence-corrected chi connectivity index (χ4v) is 3.29. The second-order valence-electron chi connectivity index (χ2n) is 8.18. The number of alkyl halides is 1. The molecule has 0 aliphatic carbocycles. The van der Waals surface area contributed by atoms with Crippen molar-refractivity contribution in [2.45, 2.75) is 38.7 Å². The minimum Gasteiger partial charge on any atom is -0.402 e. The third-order valence-electron chi connectivity index (χ3n) is 5.28. The largest absolute Gasteiger partial charge is 0.635 e. The fraction of sp³-hybridized carbons (Fsp3) is 0.240. The summed E-state index contributed by atoms with van der Waals surface area (Å²) in [4.78, 5) is 29.6. The topological polar surface area (TPSA) is 121 Å². The molecule has 3 rings (SSSR count). The maximum atomic E-state index is 15.2. The molecule has 4 N–H and O–H groups in total. The van der Waals surface area contributed by atoms with E-state index < -0.39 is 31.0 Å². The van der Waals surface area contributed by atoms with Crippen molar-refractivity contribution in [1.82, 2.24) is 15.6 Å². The Morgan fingerprint density at radius 3 is 2.37 bits per heavy atom. The standard InChI is InChI=1S/C25H27BFN3O5/c1-17-11-13-18(14-12-17)15-22(35-26(33)34)30-24(32)25(2,27)23(31)28-16-20-9-6-10-21(29-20)19-7-4-3-5-8-19/h3-14,22,33-34H,15-16H2,1-2H3,(H,28,31)(H,30,32)/t22-,25+/m1/s1. The van der Waals surface area contributed by atoms with Gasteiger partial charge in [-0.05, 0) is 31.5 Å². The monoisotopic (exact) mass is 479 g/mol. The van der Waals surface area contributed by atoms with Crippen molar-refractivity contribution < 1.29 is 28.7 Å². The predicted octanol–water partition coefficient (Wildman–Crippen LogP) is 2.07. The van der Waals surface area contributed by atoms with E-state index in [-0.39, 0.29) is 13.0 Å². The number of carbonyl (C=O) groups excluding carboxylic acids is 2. The zero-order chi connectivity index (χ0) is 25.4. The second-order valence-corrected chi connectivity index (χ2v) is 8.18. The van der Waals surface area contributed by atoms with Gasteiger partial charge in [0.05, 0.1) is 17.9 Å². The summed E-state index contributed by atoms with van der Waals surface area (Å²) < 4.78 is 20.1. The Balaban J connectivity index is 1.63. The first-order valence-corrected chi connectivity index (χ1v) is 11.0. The fourth-order valence-electron chi connectivity index (χ4n) is 3.29. The first-order valence-electron chi connectivity index (χ1n) is 11.0. The van der Waals surface area contributed by atoms with E-state index >= 15 is 4.39 Å². The molecular formula is C25H27BFN3O5. The van der Waals surface area contributed by atoms with Crippen LogP contribution in [0, 0.1) is 6.92 Å². The SMILES string of the molecule is Cc1ccc(C[C@H](NC(=O)[C@@](C)(F)C(=O)NCc2cccc(-c3ccccc3)n2)OB(O)O)cc1. The molecule has 0 saturated carbocycles. The molecule has 8 nitrogen and oxygen atoms in total. The van der Waals surface area contributed by atoms with E-state index in [0.717, 1.165) is 18.1 Å². The lowest BCUT2D eigenvalue weighted by Crippen LogP contribution is -2.55. The van der Waals surface area contributed by atoms with Gasteiger partial charge in [0.15, 0.2) is 0 Å². The third-order valence-corrected chi connectivity index (χ3v) is 5.28. The molecule has 0 unspecified atom stereocenters. The number of benzene rings is 2. The second kappa shape index (κ2) is 11.7. The maximum absolute atomic E-state index is 15.2. The summed E-state index contributed by atoms with van der Waals surface area (Å²) in [5, 5.41) is 23.0. The summed E-state index contributed by atoms with van der Waals surface area (Å²) in [5.41, 5.74) is 0.828. The van der Waals surface area contributed by atoms with Crippen molar-refractivity contribution in [3.63, 3.8) is 0 Å². The van der Waals surface area contributed by atoms with Crippen LogP contribution in [-0.2, 0) is 27.2 Å². The van der Waals surface area contributed by atoms with Gasteiger partial charge in [0.25, 0.3) is 17.5 Å². The van der Waals surface area contributed by atoms with Gasteiger partial charge in [-0.25, -0.2) is 4.39 Å². The molecule has 2 aromatic carbocycles. The summed E-state index contributed by atoms with van der Waals surface area (Å²) in [6, 6.07) is 21.9. The lowest BCUT2D eigenvalue weighted by molar-refractivity contribution is -0.146. The summed E-state index contributed by atoms with van der Waals surface area (Å²) in [7, 11) is -2.20. The van der Waals surface area contributed by atoms with Gasteiger partial charge in [-0.2, -0.15) is 0 Å². The lowest BCUT2D eigenvalue weighted by Gasteiger charge is -2.24. The van der Waals surface area contributed by atoms with Gasteiger partial charge in [-0.15, -0.1) is 0 Å². The molecule has 1 aromatic heterocycles. The van der Waals surface area contributed by atoms with Gasteiger partial charge >= 0.3 is 7.32 Å². The van der Waals surface area contributed by atoms with Gasteiger partial charge < -0.3 is 25.3 Å². The molecule has 0 saturated heterocycles. The molecule has 182 valence electrons. The van der Waals surface area contributed by atoms with Crippen LogP contribution in [0.5, 0.6) is 0 Å². The lowest BCUT2D eigenvalue weighted by atomic mass is 10.1. The smallest absolute Gasteiger partial charge is 0.402 e. The summed E-state index contributed by atoms with van der Waals surface area (Å²) in [5.74, 6) is -2.45. The van der Waals surface area contributed by atoms with Crippen molar-refractivity contribution in [1.29, 1.82) is 0 Å². The highest BCUT2D eigenvalue weighted by molar-refractivity contribution is 6.32. The van der Waals surface area contributed by atoms with E-state index in [1.54, 1.807) is 24.3 Å². The van der Waals surface area contributed by atoms with Crippen LogP contribution in [-0.4, -0.2) is 46.1 Å². The Kier molecular flexibility index (Phi) is 8.70. The highest BCUT2D eigenvalue weighted by Gasteiger charge is 2.42. The van der Waals surface area contributed by atoms with Gasteiger partial charge in [-0.1, -0.05) is 66.2 Å². The van der Waals surface area contributed by atoms with E-state index in [4.69, 9.17) is 4.65 Å². The summed E-state index contributed by atoms with van der Waals surface area (Å²) >= 11 is 0. The van der Waals surface area contributed by atoms with Crippen molar-refractivity contribution in [3.05, 3.63) is 89.6 Å². The van der Waals surface area contributed by atoms with Gasteiger partial charge in [0.1, 0.15) is 6.23 Å². The molecule has 10 heteroatoms. The van der Waals surface area contributed by atoms with Crippen LogP contribution < -0.4 is 10.6 Å². The van der Waals surface area contributed by atoms with Crippen molar-refractivity contribution in [3.8, 4) is 11.3 Å². The van der Waals surface area contributed by atoms with Gasteiger partial charge in [0.2, 0.25) is 0 Å². The maximum Gasteiger partial charge on any atom is 0.635 e. The molecule has 3 aromatic rings. The Morgan fingerprint density at radius 1 is 1.03 bits per heavy atom. The van der Waals surface area contributed by atoms with Crippen LogP contribution >= 0.6 is 0 Å². The van der Waals surface area contributed by atoms with Crippen molar-refractivity contribution in [2.24, 2.45) is 0 Å². The number of hydrogen-bond acceptors (Lipinski definition) is 6. The Bertz CT molecular complexity index is 1140. The first-order chi connectivity index (χ1) is 16.6. The average molecular weight is 479 g/mol. The van der Waals surface area contributed by atoms with Crippen LogP contribution in [0.2, 0.25) is 0 Å². The minimum absolute atomic E-state index is 0.0253. The molecule has 0 spiro atoms. The number of nitrogens with zero attached hydrogens (tertiary/aromatic N) is 1. The van der Waals surface area contributed by atoms with Gasteiger partial charge in [-0.3, -0.25) is 14.6 Å². The molecule has 0 fully saturated rings. The number of rotatable bonds is 10. The van der Waals surface area contributed by atoms with Crippen LogP contribution in [0.1, 0.15) is 23.7 Å². The van der Waals surface area contributed by atoms with Crippen LogP contribution in [0.4, 0.5) is 4.39 Å². The number of hydrogen-bond donors (Lipinski definition) is 4. The number of amides is 2. The molecule has 0 radical (unpaired) electrons. The molecule has 0 aliphatic rings. The number of pyridine rings is 1. The molecule has 0 bridgehead atoms. The summed E-state index contributed by atoms with van der Waals surface area (Å²) in [6.45, 7) is 2.63. The molecule has 35 heavy (non-hydrogen) atoms. The summed E-state index contributed by atoms with van der Waals surface area (Å²) in [6.07, 6.45) is -1.25. The number of nitrogens with one attached hydrogen (secondary N) is 2. The van der Waals surface area contributed by atoms with E-state index in [0.29, 0.717) is 17.0 Å². The highest BCUT2D eigenvalue weighted by atomic mass is 19.1. The van der Waals surface area contributed by atoms with E-state index in [2.05, 4.69) is 15.6 Å². The molecule has 2 atom stereocenters. The molecule has 0 aliphatic heterocycles. The number of aromatic nitrogens is 1. The molecule has 1 heterocycles. The first kappa shape index (κ1) is 26.0.